The molecule has 0 bridgehead atoms. The zero-order valence-corrected chi connectivity index (χ0v) is 23.2. The number of benzene rings is 2. The van der Waals surface area contributed by atoms with Gasteiger partial charge in [-0.3, -0.25) is 9.36 Å². The third kappa shape index (κ3) is 5.54. The van der Waals surface area contributed by atoms with Gasteiger partial charge in [0.1, 0.15) is 5.82 Å². The fourth-order valence-corrected chi connectivity index (χ4v) is 5.80. The molecule has 3 atom stereocenters. The lowest BCUT2D eigenvalue weighted by molar-refractivity contribution is -0.140. The fourth-order valence-electron chi connectivity index (χ4n) is 4.59. The van der Waals surface area contributed by atoms with E-state index in [0.29, 0.717) is 23.2 Å². The second kappa shape index (κ2) is 12.1. The van der Waals surface area contributed by atoms with E-state index in [0.717, 1.165) is 16.8 Å². The van der Waals surface area contributed by atoms with E-state index in [1.165, 1.54) is 26.2 Å². The summed E-state index contributed by atoms with van der Waals surface area (Å²) in [6.45, 7) is 8.92. The maximum Gasteiger partial charge on any atom is 0.329 e. The first-order valence-electron chi connectivity index (χ1n) is 12.5. The summed E-state index contributed by atoms with van der Waals surface area (Å²) < 4.78 is 38.0. The molecule has 198 valence electrons. The molecule has 1 N–H and O–H groups in total. The van der Waals surface area contributed by atoms with Crippen molar-refractivity contribution < 1.29 is 28.1 Å². The van der Waals surface area contributed by atoms with Crippen LogP contribution >= 0.6 is 8.03 Å². The number of aliphatic hydroxyl groups excluding tert-OH is 1. The third-order valence-corrected chi connectivity index (χ3v) is 8.81. The Kier molecular flexibility index (Phi) is 9.41. The van der Waals surface area contributed by atoms with E-state index in [1.807, 2.05) is 51.1 Å². The Labute approximate surface area is 218 Å². The van der Waals surface area contributed by atoms with Crippen LogP contribution in [-0.4, -0.2) is 34.4 Å². The van der Waals surface area contributed by atoms with Gasteiger partial charge in [0.2, 0.25) is 8.03 Å². The highest BCUT2D eigenvalue weighted by molar-refractivity contribution is 7.42. The Morgan fingerprint density at radius 3 is 2.16 bits per heavy atom. The molecule has 3 rings (SSSR count). The summed E-state index contributed by atoms with van der Waals surface area (Å²) in [6, 6.07) is 15.7. The minimum atomic E-state index is -3.02. The van der Waals surface area contributed by atoms with E-state index < -0.39 is 25.3 Å². The van der Waals surface area contributed by atoms with Gasteiger partial charge in [0.15, 0.2) is 10.9 Å². The van der Waals surface area contributed by atoms with Gasteiger partial charge in [0.05, 0.1) is 17.5 Å². The van der Waals surface area contributed by atoms with Crippen molar-refractivity contribution in [2.24, 2.45) is 0 Å². The number of carbonyl (C=O) groups is 1. The summed E-state index contributed by atoms with van der Waals surface area (Å²) in [4.78, 5) is 18.7. The Balaban J connectivity index is 2.38. The number of nitrogens with zero attached hydrogens (tertiary/aromatic N) is 1. The van der Waals surface area contributed by atoms with Crippen LogP contribution in [0, 0.1) is 5.82 Å². The minimum Gasteiger partial charge on any atom is -0.423 e. The molecule has 1 aromatic heterocycles. The Morgan fingerprint density at radius 1 is 1.05 bits per heavy atom. The maximum atomic E-state index is 13.9. The van der Waals surface area contributed by atoms with Crippen molar-refractivity contribution in [2.75, 3.05) is 7.11 Å². The number of hydrogen-bond acceptors (Lipinski definition) is 6. The van der Waals surface area contributed by atoms with Gasteiger partial charge < -0.3 is 14.4 Å². The molecule has 0 saturated heterocycles. The molecule has 0 aliphatic carbocycles. The molecule has 0 aliphatic rings. The zero-order valence-electron chi connectivity index (χ0n) is 22.2. The van der Waals surface area contributed by atoms with E-state index >= 15 is 0 Å². The van der Waals surface area contributed by atoms with E-state index in [9.17, 15) is 18.9 Å². The van der Waals surface area contributed by atoms with Gasteiger partial charge in [-0.1, -0.05) is 70.2 Å². The van der Waals surface area contributed by atoms with Crippen LogP contribution in [0.15, 0.2) is 54.6 Å². The van der Waals surface area contributed by atoms with Gasteiger partial charge in [-0.15, -0.1) is 0 Å². The summed E-state index contributed by atoms with van der Waals surface area (Å²) in [5.74, 6) is -1.18. The molecule has 8 heteroatoms. The topological polar surface area (TPSA) is 85.7 Å². The standard InChI is InChI=1S/C29H35FNO5P/c1-7-23-24(20-14-16-22(30)17-15-20)27(36-28(33)29(8-2,19(5)32)37(34)35-6)25(18(3)4)31-26(23)21-12-10-9-11-13-21/h9-19,32,37H,7-8H2,1-6H3. The van der Waals surface area contributed by atoms with Crippen molar-refractivity contribution in [2.45, 2.75) is 64.6 Å². The fraction of sp³-hybridized carbons (Fsp3) is 0.379. The van der Waals surface area contributed by atoms with Crippen molar-refractivity contribution in [3.8, 4) is 28.1 Å². The lowest BCUT2D eigenvalue weighted by atomic mass is 9.90. The number of hydrogen-bond donors (Lipinski definition) is 1. The molecule has 37 heavy (non-hydrogen) atoms. The van der Waals surface area contributed by atoms with Gasteiger partial charge >= 0.3 is 5.97 Å². The van der Waals surface area contributed by atoms with E-state index in [-0.39, 0.29) is 23.9 Å². The second-order valence-corrected chi connectivity index (χ2v) is 11.2. The number of esters is 1. The van der Waals surface area contributed by atoms with Crippen molar-refractivity contribution in [1.29, 1.82) is 0 Å². The Hall–Kier alpha value is -2.86. The van der Waals surface area contributed by atoms with Crippen molar-refractivity contribution >= 4 is 14.0 Å². The molecule has 2 aromatic carbocycles. The van der Waals surface area contributed by atoms with Crippen LogP contribution in [0.3, 0.4) is 0 Å². The lowest BCUT2D eigenvalue weighted by Crippen LogP contribution is -2.47. The quantitative estimate of drug-likeness (QED) is 0.231. The molecular formula is C29H35FNO5P. The number of carbonyl (C=O) groups excluding carboxylic acids is 1. The van der Waals surface area contributed by atoms with E-state index in [1.54, 1.807) is 19.1 Å². The van der Waals surface area contributed by atoms with Crippen LogP contribution in [0.4, 0.5) is 4.39 Å². The van der Waals surface area contributed by atoms with Crippen molar-refractivity contribution in [3.63, 3.8) is 0 Å². The zero-order chi connectivity index (χ0) is 27.3. The van der Waals surface area contributed by atoms with Gasteiger partial charge in [-0.25, -0.2) is 9.37 Å². The number of pyridine rings is 1. The Morgan fingerprint density at radius 2 is 1.68 bits per heavy atom. The van der Waals surface area contributed by atoms with E-state index in [2.05, 4.69) is 0 Å². The molecule has 0 spiro atoms. The highest BCUT2D eigenvalue weighted by Crippen LogP contribution is 2.48. The first kappa shape index (κ1) is 28.7. The second-order valence-electron chi connectivity index (χ2n) is 9.29. The SMILES string of the molecule is CCc1c(-c2ccccc2)nc(C(C)C)c(OC(=O)C(CC)(C(C)O)[PH](=O)OC)c1-c1ccc(F)cc1. The molecule has 6 nitrogen and oxygen atoms in total. The number of rotatable bonds is 10. The molecule has 0 aliphatic heterocycles. The molecule has 0 amide bonds. The van der Waals surface area contributed by atoms with Crippen LogP contribution in [-0.2, 0) is 20.3 Å². The first-order chi connectivity index (χ1) is 17.6. The van der Waals surface area contributed by atoms with Crippen LogP contribution in [0.2, 0.25) is 0 Å². The normalized spacial score (nSPS) is 14.7. The van der Waals surface area contributed by atoms with E-state index in [4.69, 9.17) is 14.2 Å². The smallest absolute Gasteiger partial charge is 0.329 e. The summed E-state index contributed by atoms with van der Waals surface area (Å²) >= 11 is 0. The van der Waals surface area contributed by atoms with Crippen LogP contribution in [0.25, 0.3) is 22.4 Å². The van der Waals surface area contributed by atoms with Gasteiger partial charge in [-0.2, -0.15) is 0 Å². The summed E-state index contributed by atoms with van der Waals surface area (Å²) in [6.07, 6.45) is -0.680. The highest BCUT2D eigenvalue weighted by Gasteiger charge is 2.50. The van der Waals surface area contributed by atoms with Crippen LogP contribution < -0.4 is 4.74 Å². The molecule has 1 heterocycles. The molecular weight excluding hydrogens is 492 g/mol. The molecule has 0 fully saturated rings. The highest BCUT2D eigenvalue weighted by atomic mass is 31.1. The van der Waals surface area contributed by atoms with Gasteiger partial charge in [0.25, 0.3) is 0 Å². The average molecular weight is 528 g/mol. The summed E-state index contributed by atoms with van der Waals surface area (Å²) in [5.41, 5.74) is 4.26. The van der Waals surface area contributed by atoms with Gasteiger partial charge in [0, 0.05) is 18.2 Å². The third-order valence-electron chi connectivity index (χ3n) is 6.74. The predicted molar refractivity (Wildman–Crippen MR) is 145 cm³/mol. The predicted octanol–water partition coefficient (Wildman–Crippen LogP) is 6.80. The Bertz CT molecular complexity index is 1260. The lowest BCUT2D eigenvalue weighted by Gasteiger charge is -2.32. The number of aliphatic hydroxyl groups is 1. The largest absolute Gasteiger partial charge is 0.423 e. The summed E-state index contributed by atoms with van der Waals surface area (Å²) in [7, 11) is -1.77. The minimum absolute atomic E-state index is 0.0498. The van der Waals surface area contributed by atoms with Crippen molar-refractivity contribution in [1.82, 2.24) is 4.98 Å². The maximum absolute atomic E-state index is 13.9. The van der Waals surface area contributed by atoms with Crippen LogP contribution in [0.1, 0.15) is 58.2 Å². The molecule has 0 radical (unpaired) electrons. The average Bonchev–Trinajstić information content (AvgIpc) is 2.89. The number of halogens is 1. The summed E-state index contributed by atoms with van der Waals surface area (Å²) in [5, 5.41) is 8.85. The molecule has 3 unspecified atom stereocenters. The number of ether oxygens (including phenoxy) is 1. The monoisotopic (exact) mass is 527 g/mol. The van der Waals surface area contributed by atoms with Gasteiger partial charge in [-0.05, 0) is 48.9 Å². The first-order valence-corrected chi connectivity index (χ1v) is 13.8. The van der Waals surface area contributed by atoms with Crippen LogP contribution in [0.5, 0.6) is 5.75 Å². The number of aromatic nitrogens is 1. The van der Waals surface area contributed by atoms with Crippen molar-refractivity contribution in [3.05, 3.63) is 71.7 Å². The molecule has 0 saturated carbocycles. The molecule has 3 aromatic rings.